The highest BCUT2D eigenvalue weighted by atomic mass is 35.5. The number of hydrogen-bond acceptors (Lipinski definition) is 2. The second-order valence-electron chi connectivity index (χ2n) is 6.81. The second-order valence-corrected chi connectivity index (χ2v) is 7.25. The van der Waals surface area contributed by atoms with Crippen molar-refractivity contribution in [2.24, 2.45) is 11.3 Å². The van der Waals surface area contributed by atoms with Crippen molar-refractivity contribution in [1.82, 2.24) is 10.6 Å². The average Bonchev–Trinajstić information content (AvgIpc) is 3.03. The lowest BCUT2D eigenvalue weighted by molar-refractivity contribution is -0.124. The fraction of sp³-hybridized carbons (Fsp3) is 0.588. The van der Waals surface area contributed by atoms with Crippen LogP contribution in [0, 0.1) is 11.3 Å². The zero-order valence-corrected chi connectivity index (χ0v) is 12.9. The van der Waals surface area contributed by atoms with Gasteiger partial charge >= 0.3 is 0 Å². The zero-order chi connectivity index (χ0) is 14.4. The van der Waals surface area contributed by atoms with E-state index in [4.69, 9.17) is 11.6 Å². The number of benzene rings is 1. The summed E-state index contributed by atoms with van der Waals surface area (Å²) in [7, 11) is 0. The standard InChI is InChI=1S/C17H21ClN2O/c18-12-2-3-13-11(9-12)1-4-15(13)20-16(21)14-10-17(14)5-7-19-8-6-17/h2-3,9,14-15,19H,1,4-8,10H2,(H,20,21). The van der Waals surface area contributed by atoms with Crippen molar-refractivity contribution in [3.05, 3.63) is 34.3 Å². The van der Waals surface area contributed by atoms with Gasteiger partial charge in [-0.2, -0.15) is 0 Å². The van der Waals surface area contributed by atoms with Crippen LogP contribution >= 0.6 is 11.6 Å². The molecular weight excluding hydrogens is 284 g/mol. The molecule has 3 nitrogen and oxygen atoms in total. The Morgan fingerprint density at radius 3 is 2.95 bits per heavy atom. The molecule has 1 aromatic rings. The minimum atomic E-state index is 0.184. The Balaban J connectivity index is 1.43. The molecule has 21 heavy (non-hydrogen) atoms. The molecule has 3 aliphatic rings. The van der Waals surface area contributed by atoms with Gasteiger partial charge in [-0.15, -0.1) is 0 Å². The first kappa shape index (κ1) is 13.6. The molecule has 1 heterocycles. The van der Waals surface area contributed by atoms with Crippen molar-refractivity contribution < 1.29 is 4.79 Å². The number of nitrogens with one attached hydrogen (secondary N) is 2. The van der Waals surface area contributed by atoms with E-state index in [1.807, 2.05) is 12.1 Å². The highest BCUT2D eigenvalue weighted by Crippen LogP contribution is 2.58. The predicted molar refractivity (Wildman–Crippen MR) is 83.3 cm³/mol. The van der Waals surface area contributed by atoms with Crippen LogP contribution in [0.25, 0.3) is 0 Å². The van der Waals surface area contributed by atoms with Crippen LogP contribution in [0.2, 0.25) is 5.02 Å². The number of piperidine rings is 1. The number of aryl methyl sites for hydroxylation is 1. The molecule has 0 radical (unpaired) electrons. The normalized spacial score (nSPS) is 29.2. The summed E-state index contributed by atoms with van der Waals surface area (Å²) >= 11 is 6.04. The minimum absolute atomic E-state index is 0.184. The van der Waals surface area contributed by atoms with Gasteiger partial charge < -0.3 is 10.6 Å². The molecule has 1 saturated heterocycles. The van der Waals surface area contributed by atoms with E-state index in [9.17, 15) is 4.79 Å². The van der Waals surface area contributed by atoms with E-state index in [-0.39, 0.29) is 17.9 Å². The fourth-order valence-corrected chi connectivity index (χ4v) is 4.40. The van der Waals surface area contributed by atoms with E-state index in [1.165, 1.54) is 11.1 Å². The fourth-order valence-electron chi connectivity index (χ4n) is 4.20. The molecule has 2 atom stereocenters. The molecule has 4 rings (SSSR count). The number of hydrogen-bond donors (Lipinski definition) is 2. The van der Waals surface area contributed by atoms with Crippen molar-refractivity contribution in [1.29, 1.82) is 0 Å². The number of amides is 1. The molecule has 2 N–H and O–H groups in total. The van der Waals surface area contributed by atoms with Gasteiger partial charge in [-0.1, -0.05) is 17.7 Å². The van der Waals surface area contributed by atoms with Crippen molar-refractivity contribution in [2.75, 3.05) is 13.1 Å². The first-order chi connectivity index (χ1) is 10.2. The van der Waals surface area contributed by atoms with Crippen LogP contribution in [0.15, 0.2) is 18.2 Å². The van der Waals surface area contributed by atoms with Gasteiger partial charge in [-0.3, -0.25) is 4.79 Å². The maximum Gasteiger partial charge on any atom is 0.224 e. The second kappa shape index (κ2) is 4.99. The predicted octanol–water partition coefficient (Wildman–Crippen LogP) is 2.83. The van der Waals surface area contributed by atoms with Crippen molar-refractivity contribution in [3.63, 3.8) is 0 Å². The first-order valence-electron chi connectivity index (χ1n) is 7.97. The molecule has 1 amide bonds. The maximum absolute atomic E-state index is 12.6. The molecule has 0 aromatic heterocycles. The number of carbonyl (C=O) groups is 1. The molecule has 1 aromatic carbocycles. The Bertz CT molecular complexity index is 580. The molecular formula is C17H21ClN2O. The summed E-state index contributed by atoms with van der Waals surface area (Å²) in [5.74, 6) is 0.514. The van der Waals surface area contributed by atoms with Gasteiger partial charge in [0.05, 0.1) is 6.04 Å². The third kappa shape index (κ3) is 2.36. The molecule has 112 valence electrons. The number of halogens is 1. The average molecular weight is 305 g/mol. The highest BCUT2D eigenvalue weighted by molar-refractivity contribution is 6.30. The molecule has 1 saturated carbocycles. The Morgan fingerprint density at radius 1 is 1.33 bits per heavy atom. The monoisotopic (exact) mass is 304 g/mol. The summed E-state index contributed by atoms with van der Waals surface area (Å²) in [5, 5.41) is 7.46. The van der Waals surface area contributed by atoms with Crippen LogP contribution < -0.4 is 10.6 Å². The van der Waals surface area contributed by atoms with Gasteiger partial charge in [-0.25, -0.2) is 0 Å². The number of rotatable bonds is 2. The SMILES string of the molecule is O=C(NC1CCc2cc(Cl)ccc21)C1CC12CCNCC2. The lowest BCUT2D eigenvalue weighted by Crippen LogP contribution is -2.34. The molecule has 2 aliphatic carbocycles. The van der Waals surface area contributed by atoms with E-state index >= 15 is 0 Å². The van der Waals surface area contributed by atoms with Crippen LogP contribution in [0.5, 0.6) is 0 Å². The van der Waals surface area contributed by atoms with Gasteiger partial charge in [0.2, 0.25) is 5.91 Å². The van der Waals surface area contributed by atoms with E-state index in [0.29, 0.717) is 5.41 Å². The number of carbonyl (C=O) groups excluding carboxylic acids is 1. The summed E-state index contributed by atoms with van der Waals surface area (Å²) < 4.78 is 0. The van der Waals surface area contributed by atoms with Crippen LogP contribution in [-0.2, 0) is 11.2 Å². The van der Waals surface area contributed by atoms with E-state index in [0.717, 1.165) is 50.2 Å². The smallest absolute Gasteiger partial charge is 0.224 e. The molecule has 1 aliphatic heterocycles. The molecule has 0 bridgehead atoms. The van der Waals surface area contributed by atoms with Crippen molar-refractivity contribution in [3.8, 4) is 0 Å². The van der Waals surface area contributed by atoms with Gasteiger partial charge in [0.15, 0.2) is 0 Å². The van der Waals surface area contributed by atoms with Gasteiger partial charge in [-0.05, 0) is 73.9 Å². The Labute approximate surface area is 130 Å². The van der Waals surface area contributed by atoms with Crippen LogP contribution in [0.4, 0.5) is 0 Å². The highest BCUT2D eigenvalue weighted by Gasteiger charge is 2.57. The summed E-state index contributed by atoms with van der Waals surface area (Å²) in [4.78, 5) is 12.6. The summed E-state index contributed by atoms with van der Waals surface area (Å²) in [6, 6.07) is 6.22. The quantitative estimate of drug-likeness (QED) is 0.882. The topological polar surface area (TPSA) is 41.1 Å². The van der Waals surface area contributed by atoms with E-state index in [1.54, 1.807) is 0 Å². The minimum Gasteiger partial charge on any atom is -0.349 e. The Morgan fingerprint density at radius 2 is 2.14 bits per heavy atom. The largest absolute Gasteiger partial charge is 0.349 e. The molecule has 1 spiro atoms. The summed E-state index contributed by atoms with van der Waals surface area (Å²) in [5.41, 5.74) is 2.87. The van der Waals surface area contributed by atoms with Gasteiger partial charge in [0, 0.05) is 10.9 Å². The number of fused-ring (bicyclic) bond motifs is 1. The first-order valence-corrected chi connectivity index (χ1v) is 8.35. The summed E-state index contributed by atoms with van der Waals surface area (Å²) in [6.07, 6.45) is 5.41. The van der Waals surface area contributed by atoms with Gasteiger partial charge in [0.25, 0.3) is 0 Å². The Kier molecular flexibility index (Phi) is 3.23. The van der Waals surface area contributed by atoms with Gasteiger partial charge in [0.1, 0.15) is 0 Å². The van der Waals surface area contributed by atoms with Crippen LogP contribution in [0.3, 0.4) is 0 Å². The van der Waals surface area contributed by atoms with Crippen LogP contribution in [-0.4, -0.2) is 19.0 Å². The maximum atomic E-state index is 12.6. The lowest BCUT2D eigenvalue weighted by Gasteiger charge is -2.23. The molecule has 2 fully saturated rings. The van der Waals surface area contributed by atoms with E-state index < -0.39 is 0 Å². The van der Waals surface area contributed by atoms with Crippen LogP contribution in [0.1, 0.15) is 42.9 Å². The van der Waals surface area contributed by atoms with Crippen molar-refractivity contribution >= 4 is 17.5 Å². The third-order valence-corrected chi connectivity index (χ3v) is 5.84. The summed E-state index contributed by atoms with van der Waals surface area (Å²) in [6.45, 7) is 2.13. The lowest BCUT2D eigenvalue weighted by atomic mass is 9.91. The van der Waals surface area contributed by atoms with E-state index in [2.05, 4.69) is 16.7 Å². The molecule has 4 heteroatoms. The Hall–Kier alpha value is -1.06. The third-order valence-electron chi connectivity index (χ3n) is 5.60. The van der Waals surface area contributed by atoms with Crippen molar-refractivity contribution in [2.45, 2.75) is 38.1 Å². The zero-order valence-electron chi connectivity index (χ0n) is 12.1. The molecule has 2 unspecified atom stereocenters.